The zero-order chi connectivity index (χ0) is 21.0. The van der Waals surface area contributed by atoms with Crippen LogP contribution >= 0.6 is 24.0 Å². The summed E-state index contributed by atoms with van der Waals surface area (Å²) in [6.07, 6.45) is 1.67. The molecule has 1 amide bonds. The number of nitro benzene ring substituents is 1. The van der Waals surface area contributed by atoms with E-state index in [0.717, 1.165) is 17.3 Å². The van der Waals surface area contributed by atoms with Gasteiger partial charge in [-0.1, -0.05) is 42.2 Å². The van der Waals surface area contributed by atoms with Gasteiger partial charge >= 0.3 is 5.97 Å². The maximum atomic E-state index is 12.8. The van der Waals surface area contributed by atoms with Crippen LogP contribution < -0.4 is 9.64 Å². The van der Waals surface area contributed by atoms with Crippen molar-refractivity contribution in [3.05, 3.63) is 69.1 Å². The fraction of sp³-hybridized carbons (Fsp3) is 0.105. The summed E-state index contributed by atoms with van der Waals surface area (Å²) in [5.41, 5.74) is 0.953. The molecule has 0 N–H and O–H groups in total. The van der Waals surface area contributed by atoms with E-state index in [1.807, 2.05) is 0 Å². The first kappa shape index (κ1) is 20.5. The monoisotopic (exact) mass is 430 g/mol. The smallest absolute Gasteiger partial charge is 0.343 e. The highest BCUT2D eigenvalue weighted by Crippen LogP contribution is 2.37. The largest absolute Gasteiger partial charge is 0.482 e. The average molecular weight is 430 g/mol. The third-order valence-electron chi connectivity index (χ3n) is 3.85. The van der Waals surface area contributed by atoms with E-state index in [-0.39, 0.29) is 18.2 Å². The zero-order valence-corrected chi connectivity index (χ0v) is 16.7. The number of methoxy groups -OCH3 is 1. The fourth-order valence-electron chi connectivity index (χ4n) is 2.45. The van der Waals surface area contributed by atoms with Crippen molar-refractivity contribution in [2.24, 2.45) is 0 Å². The highest BCUT2D eigenvalue weighted by Gasteiger charge is 2.33. The van der Waals surface area contributed by atoms with Crippen molar-refractivity contribution >= 4 is 57.6 Å². The number of ether oxygens (including phenoxy) is 2. The van der Waals surface area contributed by atoms with Gasteiger partial charge in [-0.25, -0.2) is 4.79 Å². The average Bonchev–Trinajstić information content (AvgIpc) is 3.00. The van der Waals surface area contributed by atoms with Crippen LogP contribution in [0.3, 0.4) is 0 Å². The highest BCUT2D eigenvalue weighted by atomic mass is 32.2. The summed E-state index contributed by atoms with van der Waals surface area (Å²) in [6.45, 7) is -0.197. The lowest BCUT2D eigenvalue weighted by Gasteiger charge is -2.13. The Morgan fingerprint density at radius 1 is 1.28 bits per heavy atom. The number of non-ortho nitro benzene ring substituents is 1. The van der Waals surface area contributed by atoms with E-state index in [2.05, 4.69) is 4.74 Å². The van der Waals surface area contributed by atoms with Gasteiger partial charge in [-0.2, -0.15) is 0 Å². The van der Waals surface area contributed by atoms with Gasteiger partial charge in [0.05, 0.1) is 22.6 Å². The van der Waals surface area contributed by atoms with E-state index in [1.165, 1.54) is 30.2 Å². The number of benzene rings is 2. The van der Waals surface area contributed by atoms with Crippen LogP contribution in [-0.4, -0.2) is 34.8 Å². The van der Waals surface area contributed by atoms with Crippen LogP contribution in [0.25, 0.3) is 6.08 Å². The van der Waals surface area contributed by atoms with E-state index >= 15 is 0 Å². The molecular formula is C19H14N2O6S2. The molecule has 1 fully saturated rings. The topological polar surface area (TPSA) is 99.0 Å². The third kappa shape index (κ3) is 4.79. The molecule has 0 saturated carbocycles. The number of anilines is 1. The first-order chi connectivity index (χ1) is 13.9. The Bertz CT molecular complexity index is 1020. The lowest BCUT2D eigenvalue weighted by atomic mass is 10.2. The quantitative estimate of drug-likeness (QED) is 0.226. The molecule has 2 aromatic rings. The van der Waals surface area contributed by atoms with E-state index in [4.69, 9.17) is 17.0 Å². The van der Waals surface area contributed by atoms with Crippen LogP contribution in [0.15, 0.2) is 53.4 Å². The molecule has 0 radical (unpaired) electrons. The van der Waals surface area contributed by atoms with Crippen LogP contribution in [-0.2, 0) is 14.3 Å². The molecule has 1 aliphatic rings. The van der Waals surface area contributed by atoms with Crippen molar-refractivity contribution in [1.29, 1.82) is 0 Å². The molecule has 0 aromatic heterocycles. The molecule has 0 unspecified atom stereocenters. The van der Waals surface area contributed by atoms with E-state index in [1.54, 1.807) is 36.4 Å². The minimum Gasteiger partial charge on any atom is -0.482 e. The number of amides is 1. The Hall–Kier alpha value is -3.24. The van der Waals surface area contributed by atoms with Crippen molar-refractivity contribution in [1.82, 2.24) is 0 Å². The molecule has 148 valence electrons. The number of carbonyl (C=O) groups is 2. The lowest BCUT2D eigenvalue weighted by Crippen LogP contribution is -2.27. The summed E-state index contributed by atoms with van der Waals surface area (Å²) in [6, 6.07) is 12.5. The molecule has 0 atom stereocenters. The summed E-state index contributed by atoms with van der Waals surface area (Å²) in [5.74, 6) is -0.359. The first-order valence-corrected chi connectivity index (χ1v) is 9.43. The van der Waals surface area contributed by atoms with Crippen LogP contribution in [0.5, 0.6) is 5.75 Å². The maximum absolute atomic E-state index is 12.8. The normalized spacial score (nSPS) is 14.9. The van der Waals surface area contributed by atoms with Crippen LogP contribution in [0.2, 0.25) is 0 Å². The van der Waals surface area contributed by atoms with Crippen molar-refractivity contribution in [2.45, 2.75) is 0 Å². The Balaban J connectivity index is 1.77. The Morgan fingerprint density at radius 3 is 2.66 bits per heavy atom. The van der Waals surface area contributed by atoms with Gasteiger partial charge in [0.1, 0.15) is 5.75 Å². The summed E-state index contributed by atoms with van der Waals surface area (Å²) >= 11 is 6.40. The van der Waals surface area contributed by atoms with Crippen molar-refractivity contribution in [3.63, 3.8) is 0 Å². The highest BCUT2D eigenvalue weighted by molar-refractivity contribution is 8.27. The Labute approximate surface area is 175 Å². The van der Waals surface area contributed by atoms with Gasteiger partial charge in [0.25, 0.3) is 11.6 Å². The molecule has 2 aromatic carbocycles. The second kappa shape index (κ2) is 8.84. The summed E-state index contributed by atoms with van der Waals surface area (Å²) in [4.78, 5) is 36.0. The van der Waals surface area contributed by atoms with Gasteiger partial charge < -0.3 is 9.47 Å². The summed E-state index contributed by atoms with van der Waals surface area (Å²) < 4.78 is 10.1. The van der Waals surface area contributed by atoms with E-state index in [0.29, 0.717) is 20.7 Å². The molecule has 3 rings (SSSR count). The Morgan fingerprint density at radius 2 is 2.00 bits per heavy atom. The number of nitro groups is 1. The van der Waals surface area contributed by atoms with Crippen LogP contribution in [0, 0.1) is 10.1 Å². The number of nitrogens with zero attached hydrogens (tertiary/aromatic N) is 2. The van der Waals surface area contributed by atoms with Crippen molar-refractivity contribution in [3.8, 4) is 5.75 Å². The number of hydrogen-bond acceptors (Lipinski definition) is 8. The number of esters is 1. The number of carbonyl (C=O) groups excluding carboxylic acids is 2. The van der Waals surface area contributed by atoms with Gasteiger partial charge in [0, 0.05) is 12.1 Å². The first-order valence-electron chi connectivity index (χ1n) is 8.21. The second-order valence-electron chi connectivity index (χ2n) is 5.73. The molecule has 29 heavy (non-hydrogen) atoms. The molecule has 0 bridgehead atoms. The molecule has 1 heterocycles. The third-order valence-corrected chi connectivity index (χ3v) is 5.16. The van der Waals surface area contributed by atoms with Gasteiger partial charge in [-0.3, -0.25) is 19.8 Å². The van der Waals surface area contributed by atoms with Crippen molar-refractivity contribution < 1.29 is 24.0 Å². The standard InChI is InChI=1S/C19H14N2O6S2/c1-26-17(22)11-27-15-7-5-12(6-8-15)9-16-18(23)20(19(28)29-16)13-3-2-4-14(10-13)21(24)25/h2-10H,11H2,1H3/b16-9+. The minimum absolute atomic E-state index is 0.122. The molecule has 0 spiro atoms. The van der Waals surface area contributed by atoms with Crippen LogP contribution in [0.4, 0.5) is 11.4 Å². The van der Waals surface area contributed by atoms with Gasteiger partial charge in [-0.15, -0.1) is 0 Å². The SMILES string of the molecule is COC(=O)COc1ccc(/C=C2/SC(=S)N(c3cccc([N+](=O)[O-])c3)C2=O)cc1. The maximum Gasteiger partial charge on any atom is 0.343 e. The number of rotatable bonds is 6. The molecule has 0 aliphatic carbocycles. The zero-order valence-electron chi connectivity index (χ0n) is 15.1. The van der Waals surface area contributed by atoms with E-state index in [9.17, 15) is 19.7 Å². The molecule has 1 aliphatic heterocycles. The van der Waals surface area contributed by atoms with Crippen LogP contribution in [0.1, 0.15) is 5.56 Å². The summed E-state index contributed by atoms with van der Waals surface area (Å²) in [5, 5.41) is 11.0. The van der Waals surface area contributed by atoms with Crippen molar-refractivity contribution in [2.75, 3.05) is 18.6 Å². The lowest BCUT2D eigenvalue weighted by molar-refractivity contribution is -0.384. The van der Waals surface area contributed by atoms with Gasteiger partial charge in [-0.05, 0) is 29.8 Å². The van der Waals surface area contributed by atoms with Gasteiger partial charge in [0.2, 0.25) is 0 Å². The number of hydrogen-bond donors (Lipinski definition) is 0. The molecule has 1 saturated heterocycles. The number of thiocarbonyl (C=S) groups is 1. The predicted molar refractivity (Wildman–Crippen MR) is 113 cm³/mol. The number of thioether (sulfide) groups is 1. The minimum atomic E-state index is -0.527. The van der Waals surface area contributed by atoms with Gasteiger partial charge in [0.15, 0.2) is 10.9 Å². The predicted octanol–water partition coefficient (Wildman–Crippen LogP) is 3.55. The Kier molecular flexibility index (Phi) is 6.25. The fourth-order valence-corrected chi connectivity index (χ4v) is 3.75. The second-order valence-corrected chi connectivity index (χ2v) is 7.40. The summed E-state index contributed by atoms with van der Waals surface area (Å²) in [7, 11) is 1.28. The molecule has 8 nitrogen and oxygen atoms in total. The van der Waals surface area contributed by atoms with E-state index < -0.39 is 10.9 Å². The molecular weight excluding hydrogens is 416 g/mol. The molecule has 10 heteroatoms.